The molecular formula is C36H54S2. The van der Waals surface area contributed by atoms with Gasteiger partial charge in [-0.3, -0.25) is 0 Å². The first kappa shape index (κ1) is 32.7. The van der Waals surface area contributed by atoms with Gasteiger partial charge in [-0.1, -0.05) is 141 Å². The Morgan fingerprint density at radius 1 is 0.474 bits per heavy atom. The van der Waals surface area contributed by atoms with Gasteiger partial charge in [0.05, 0.1) is 9.75 Å². The van der Waals surface area contributed by atoms with Crippen LogP contribution in [0, 0.1) is 24.7 Å². The van der Waals surface area contributed by atoms with Gasteiger partial charge >= 0.3 is 0 Å². The summed E-state index contributed by atoms with van der Waals surface area (Å²) in [6, 6.07) is 4.70. The first-order valence-electron chi connectivity index (χ1n) is 15.9. The molecule has 0 radical (unpaired) electrons. The molecule has 0 fully saturated rings. The van der Waals surface area contributed by atoms with Crippen LogP contribution in [0.5, 0.6) is 0 Å². The zero-order chi connectivity index (χ0) is 27.3. The second-order valence-corrected chi connectivity index (χ2v) is 13.2. The lowest BCUT2D eigenvalue weighted by molar-refractivity contribution is 0.556. The van der Waals surface area contributed by atoms with E-state index in [1.165, 1.54) is 149 Å². The minimum atomic E-state index is 1.10. The molecule has 2 heterocycles. The van der Waals surface area contributed by atoms with Gasteiger partial charge in [0.1, 0.15) is 0 Å². The standard InChI is InChI=1S/C36H54S2/c1-5-9-11-13-15-17-19-21-23-25-27-31-29-35(37-33(31)7-3)36-30-32(34(8-4)38-36)28-26-24-22-20-18-16-14-12-10-6-2/h3-4,29-30H,5-6,9-28H2,1-2H3. The highest BCUT2D eigenvalue weighted by molar-refractivity contribution is 7.22. The topological polar surface area (TPSA) is 0 Å². The van der Waals surface area contributed by atoms with Crippen LogP contribution in [-0.2, 0) is 12.8 Å². The summed E-state index contributed by atoms with van der Waals surface area (Å²) < 4.78 is 0. The van der Waals surface area contributed by atoms with Gasteiger partial charge in [0.2, 0.25) is 0 Å². The molecule has 0 saturated heterocycles. The molecule has 38 heavy (non-hydrogen) atoms. The van der Waals surface area contributed by atoms with Crippen molar-refractivity contribution in [2.45, 2.75) is 155 Å². The van der Waals surface area contributed by atoms with E-state index in [1.807, 2.05) is 0 Å². The zero-order valence-corrected chi connectivity index (χ0v) is 26.3. The molecule has 0 aliphatic heterocycles. The maximum absolute atomic E-state index is 5.90. The Balaban J connectivity index is 1.73. The van der Waals surface area contributed by atoms with Crippen LogP contribution in [0.1, 0.15) is 163 Å². The van der Waals surface area contributed by atoms with Crippen molar-refractivity contribution in [3.8, 4) is 34.4 Å². The van der Waals surface area contributed by atoms with Gasteiger partial charge < -0.3 is 0 Å². The van der Waals surface area contributed by atoms with E-state index in [4.69, 9.17) is 12.8 Å². The van der Waals surface area contributed by atoms with Crippen LogP contribution in [-0.4, -0.2) is 0 Å². The van der Waals surface area contributed by atoms with Gasteiger partial charge in [-0.2, -0.15) is 0 Å². The number of terminal acetylenes is 2. The maximum Gasteiger partial charge on any atom is 0.0804 e. The number of hydrogen-bond donors (Lipinski definition) is 0. The van der Waals surface area contributed by atoms with Crippen molar-refractivity contribution >= 4 is 22.7 Å². The average Bonchev–Trinajstić information content (AvgIpc) is 3.54. The molecule has 0 aliphatic carbocycles. The SMILES string of the molecule is C#Cc1sc(-c2cc(CCCCCCCCCCCC)c(C#C)s2)cc1CCCCCCCCCCCC. The highest BCUT2D eigenvalue weighted by Crippen LogP contribution is 2.38. The predicted molar refractivity (Wildman–Crippen MR) is 175 cm³/mol. The van der Waals surface area contributed by atoms with E-state index in [0.29, 0.717) is 0 Å². The Labute approximate surface area is 244 Å². The van der Waals surface area contributed by atoms with Gasteiger partial charge in [-0.15, -0.1) is 35.5 Å². The molecule has 0 aliphatic rings. The van der Waals surface area contributed by atoms with Gasteiger partial charge in [0, 0.05) is 9.75 Å². The number of thiophene rings is 2. The van der Waals surface area contributed by atoms with Crippen LogP contribution < -0.4 is 0 Å². The van der Waals surface area contributed by atoms with Crippen LogP contribution in [0.15, 0.2) is 12.1 Å². The van der Waals surface area contributed by atoms with E-state index in [9.17, 15) is 0 Å². The van der Waals surface area contributed by atoms with Crippen LogP contribution in [0.2, 0.25) is 0 Å². The highest BCUT2D eigenvalue weighted by Gasteiger charge is 2.14. The first-order valence-corrected chi connectivity index (χ1v) is 17.6. The molecule has 0 bridgehead atoms. The van der Waals surface area contributed by atoms with Crippen LogP contribution >= 0.6 is 22.7 Å². The fourth-order valence-corrected chi connectivity index (χ4v) is 7.44. The van der Waals surface area contributed by atoms with E-state index in [-0.39, 0.29) is 0 Å². The summed E-state index contributed by atoms with van der Waals surface area (Å²) in [6.07, 6.45) is 41.4. The molecule has 2 heteroatoms. The quantitative estimate of drug-likeness (QED) is 0.0953. The van der Waals surface area contributed by atoms with E-state index in [0.717, 1.165) is 22.6 Å². The molecule has 0 unspecified atom stereocenters. The Morgan fingerprint density at radius 3 is 1.05 bits per heavy atom. The van der Waals surface area contributed by atoms with E-state index >= 15 is 0 Å². The smallest absolute Gasteiger partial charge is 0.0804 e. The van der Waals surface area contributed by atoms with Crippen molar-refractivity contribution in [1.29, 1.82) is 0 Å². The Hall–Kier alpha value is -1.48. The van der Waals surface area contributed by atoms with Gasteiger partial charge in [0.25, 0.3) is 0 Å². The molecule has 0 N–H and O–H groups in total. The van der Waals surface area contributed by atoms with Crippen LogP contribution in [0.4, 0.5) is 0 Å². The number of aryl methyl sites for hydroxylation is 2. The van der Waals surface area contributed by atoms with Crippen molar-refractivity contribution in [2.24, 2.45) is 0 Å². The second-order valence-electron chi connectivity index (χ2n) is 11.1. The average molecular weight is 551 g/mol. The normalized spacial score (nSPS) is 11.1. The summed E-state index contributed by atoms with van der Waals surface area (Å²) in [4.78, 5) is 4.83. The van der Waals surface area contributed by atoms with Crippen molar-refractivity contribution in [3.63, 3.8) is 0 Å². The third-order valence-electron chi connectivity index (χ3n) is 7.72. The number of hydrogen-bond acceptors (Lipinski definition) is 2. The Bertz CT molecular complexity index is 867. The Morgan fingerprint density at radius 2 is 0.763 bits per heavy atom. The monoisotopic (exact) mass is 550 g/mol. The van der Waals surface area contributed by atoms with Crippen molar-refractivity contribution < 1.29 is 0 Å². The third-order valence-corrected chi connectivity index (χ3v) is 10.1. The minimum absolute atomic E-state index is 1.10. The molecule has 0 atom stereocenters. The maximum atomic E-state index is 5.90. The summed E-state index contributed by atoms with van der Waals surface area (Å²) >= 11 is 3.55. The number of unbranched alkanes of at least 4 members (excludes halogenated alkanes) is 18. The number of rotatable bonds is 23. The van der Waals surface area contributed by atoms with Crippen LogP contribution in [0.3, 0.4) is 0 Å². The Kier molecular flexibility index (Phi) is 18.4. The van der Waals surface area contributed by atoms with E-state index in [2.05, 4.69) is 37.8 Å². The van der Waals surface area contributed by atoms with Crippen LogP contribution in [0.25, 0.3) is 9.75 Å². The zero-order valence-electron chi connectivity index (χ0n) is 24.7. The summed E-state index contributed by atoms with van der Waals surface area (Å²) in [5, 5.41) is 0. The lowest BCUT2D eigenvalue weighted by Crippen LogP contribution is -1.87. The third kappa shape index (κ3) is 13.0. The van der Waals surface area contributed by atoms with Crippen molar-refractivity contribution in [1.82, 2.24) is 0 Å². The summed E-state index contributed by atoms with van der Waals surface area (Å²) in [6.45, 7) is 4.57. The van der Waals surface area contributed by atoms with Gasteiger partial charge in [0.15, 0.2) is 0 Å². The fourth-order valence-electron chi connectivity index (χ4n) is 5.32. The molecular weight excluding hydrogens is 497 g/mol. The fraction of sp³-hybridized carbons (Fsp3) is 0.667. The molecule has 0 nitrogen and oxygen atoms in total. The molecule has 2 aromatic rings. The molecule has 0 saturated carbocycles. The van der Waals surface area contributed by atoms with Gasteiger partial charge in [-0.05, 0) is 48.9 Å². The molecule has 0 spiro atoms. The molecule has 2 rings (SSSR count). The highest BCUT2D eigenvalue weighted by atomic mass is 32.1. The van der Waals surface area contributed by atoms with E-state index in [1.54, 1.807) is 22.7 Å². The molecule has 0 aromatic carbocycles. The lowest BCUT2D eigenvalue weighted by atomic mass is 10.0. The van der Waals surface area contributed by atoms with Crippen molar-refractivity contribution in [2.75, 3.05) is 0 Å². The second kappa shape index (κ2) is 21.4. The predicted octanol–water partition coefficient (Wildman–Crippen LogP) is 12.4. The summed E-state index contributed by atoms with van der Waals surface area (Å²) in [5.41, 5.74) is 2.72. The summed E-state index contributed by atoms with van der Waals surface area (Å²) in [5.74, 6) is 5.92. The molecule has 2 aromatic heterocycles. The van der Waals surface area contributed by atoms with E-state index < -0.39 is 0 Å². The lowest BCUT2D eigenvalue weighted by Gasteiger charge is -2.02. The first-order chi connectivity index (χ1) is 18.7. The minimum Gasteiger partial charge on any atom is -0.125 e. The molecule has 210 valence electrons. The summed E-state index contributed by atoms with van der Waals surface area (Å²) in [7, 11) is 0. The largest absolute Gasteiger partial charge is 0.125 e. The molecule has 0 amide bonds. The van der Waals surface area contributed by atoms with Gasteiger partial charge in [-0.25, -0.2) is 0 Å². The van der Waals surface area contributed by atoms with Crippen molar-refractivity contribution in [3.05, 3.63) is 33.0 Å².